The van der Waals surface area contributed by atoms with Gasteiger partial charge in [-0.3, -0.25) is 4.40 Å². The lowest BCUT2D eigenvalue weighted by atomic mass is 10.3. The predicted molar refractivity (Wildman–Crippen MR) is 62.6 cm³/mol. The van der Waals surface area contributed by atoms with E-state index in [4.69, 9.17) is 0 Å². The molecule has 0 amide bonds. The molecule has 2 heterocycles. The highest BCUT2D eigenvalue weighted by Gasteiger charge is 1.98. The van der Waals surface area contributed by atoms with E-state index in [0.717, 1.165) is 15.4 Å². The molecule has 0 N–H and O–H groups in total. The molecular weight excluding hydrogens is 226 g/mol. The summed E-state index contributed by atoms with van der Waals surface area (Å²) in [5.74, 6) is 0. The molecule has 0 bridgehead atoms. The van der Waals surface area contributed by atoms with Crippen LogP contribution >= 0.6 is 22.9 Å². The molecule has 3 nitrogen and oxygen atoms in total. The van der Waals surface area contributed by atoms with Crippen LogP contribution in [-0.4, -0.2) is 8.77 Å². The first-order valence-electron chi connectivity index (χ1n) is 4.45. The summed E-state index contributed by atoms with van der Waals surface area (Å²) in [6.45, 7) is 0. The van der Waals surface area contributed by atoms with Crippen molar-refractivity contribution in [1.82, 2.24) is 8.77 Å². The molecule has 0 spiro atoms. The van der Waals surface area contributed by atoms with Crippen molar-refractivity contribution in [2.45, 2.75) is 0 Å². The van der Waals surface area contributed by atoms with Crippen LogP contribution in [0.25, 0.3) is 4.96 Å². The summed E-state index contributed by atoms with van der Waals surface area (Å²) in [7, 11) is 0. The van der Waals surface area contributed by atoms with Crippen LogP contribution in [0, 0.1) is 0 Å². The predicted octanol–water partition coefficient (Wildman–Crippen LogP) is 2.69. The first-order chi connectivity index (χ1) is 7.43. The van der Waals surface area contributed by atoms with E-state index in [1.807, 2.05) is 46.3 Å². The summed E-state index contributed by atoms with van der Waals surface area (Å²) in [5, 5.41) is 2.01. The molecule has 15 heavy (non-hydrogen) atoms. The number of hydrogen-bond donors (Lipinski definition) is 0. The number of rotatable bonds is 1. The van der Waals surface area contributed by atoms with Crippen molar-refractivity contribution in [2.75, 3.05) is 0 Å². The lowest BCUT2D eigenvalue weighted by Gasteiger charge is -1.88. The fourth-order valence-corrected chi connectivity index (χ4v) is 2.83. The van der Waals surface area contributed by atoms with E-state index in [-0.39, 0.29) is 0 Å². The van der Waals surface area contributed by atoms with Gasteiger partial charge in [0.1, 0.15) is 0 Å². The molecule has 3 aromatic rings. The molecule has 1 aromatic carbocycles. The van der Waals surface area contributed by atoms with E-state index >= 15 is 0 Å². The van der Waals surface area contributed by atoms with Crippen molar-refractivity contribution in [1.29, 1.82) is 0 Å². The Kier molecular flexibility index (Phi) is 2.12. The van der Waals surface area contributed by atoms with Crippen molar-refractivity contribution in [3.8, 4) is 0 Å². The Morgan fingerprint density at radius 1 is 1.20 bits per heavy atom. The van der Waals surface area contributed by atoms with E-state index in [2.05, 4.69) is 9.37 Å². The Labute approximate surface area is 94.2 Å². The van der Waals surface area contributed by atoms with Gasteiger partial charge in [-0.15, -0.1) is 11.3 Å². The van der Waals surface area contributed by atoms with Gasteiger partial charge in [0.05, 0.1) is 5.69 Å². The maximum absolute atomic E-state index is 4.53. The van der Waals surface area contributed by atoms with E-state index < -0.39 is 0 Å². The molecule has 0 saturated heterocycles. The summed E-state index contributed by atoms with van der Waals surface area (Å²) in [6, 6.07) is 9.92. The minimum atomic E-state index is 0.914. The quantitative estimate of drug-likeness (QED) is 0.635. The van der Waals surface area contributed by atoms with E-state index in [9.17, 15) is 0 Å². The molecule has 0 fully saturated rings. The first kappa shape index (κ1) is 8.82. The molecule has 74 valence electrons. The van der Waals surface area contributed by atoms with Crippen molar-refractivity contribution in [3.63, 3.8) is 0 Å². The molecular formula is C10H7N3S2. The van der Waals surface area contributed by atoms with E-state index in [1.165, 1.54) is 11.5 Å². The molecule has 2 aromatic heterocycles. The molecule has 0 unspecified atom stereocenters. The number of nitrogens with zero attached hydrogens (tertiary/aromatic N) is 3. The van der Waals surface area contributed by atoms with Crippen LogP contribution in [0.4, 0.5) is 5.69 Å². The van der Waals surface area contributed by atoms with Crippen molar-refractivity contribution in [2.24, 2.45) is 4.99 Å². The van der Waals surface area contributed by atoms with Gasteiger partial charge in [0.25, 0.3) is 0 Å². The largest absolute Gasteiger partial charge is 0.266 e. The highest BCUT2D eigenvalue weighted by molar-refractivity contribution is 7.16. The average Bonchev–Trinajstić information content (AvgIpc) is 2.85. The lowest BCUT2D eigenvalue weighted by molar-refractivity contribution is 1.12. The van der Waals surface area contributed by atoms with Crippen LogP contribution in [0.3, 0.4) is 0 Å². The fourth-order valence-electron chi connectivity index (χ4n) is 1.29. The number of benzene rings is 1. The average molecular weight is 233 g/mol. The Morgan fingerprint density at radius 3 is 2.93 bits per heavy atom. The topological polar surface area (TPSA) is 29.7 Å². The van der Waals surface area contributed by atoms with E-state index in [1.54, 1.807) is 11.3 Å². The van der Waals surface area contributed by atoms with Gasteiger partial charge >= 0.3 is 0 Å². The number of thiazole rings is 1. The number of fused-ring (bicyclic) bond motifs is 1. The van der Waals surface area contributed by atoms with Crippen molar-refractivity contribution >= 4 is 33.5 Å². The second-order valence-electron chi connectivity index (χ2n) is 2.97. The second-order valence-corrected chi connectivity index (χ2v) is 4.57. The smallest absolute Gasteiger partial charge is 0.214 e. The number of hydrogen-bond acceptors (Lipinski definition) is 4. The normalized spacial score (nSPS) is 12.4. The zero-order valence-electron chi connectivity index (χ0n) is 7.70. The van der Waals surface area contributed by atoms with Gasteiger partial charge in [-0.05, 0) is 12.1 Å². The van der Waals surface area contributed by atoms with Gasteiger partial charge in [0, 0.05) is 23.1 Å². The minimum Gasteiger partial charge on any atom is -0.266 e. The molecule has 0 radical (unpaired) electrons. The van der Waals surface area contributed by atoms with Gasteiger partial charge in [-0.1, -0.05) is 18.2 Å². The molecule has 0 aliphatic rings. The monoisotopic (exact) mass is 233 g/mol. The van der Waals surface area contributed by atoms with E-state index in [0.29, 0.717) is 0 Å². The summed E-state index contributed by atoms with van der Waals surface area (Å²) >= 11 is 3.04. The zero-order chi connectivity index (χ0) is 10.1. The van der Waals surface area contributed by atoms with Gasteiger partial charge in [-0.25, -0.2) is 4.99 Å². The Balaban J connectivity index is 2.23. The molecule has 0 saturated carbocycles. The highest BCUT2D eigenvalue weighted by atomic mass is 32.1. The third-order valence-corrected chi connectivity index (χ3v) is 3.57. The van der Waals surface area contributed by atoms with Crippen LogP contribution in [0.1, 0.15) is 0 Å². The maximum Gasteiger partial charge on any atom is 0.214 e. The first-order valence-corrected chi connectivity index (χ1v) is 6.10. The highest BCUT2D eigenvalue weighted by Crippen LogP contribution is 2.11. The zero-order valence-corrected chi connectivity index (χ0v) is 9.33. The number of aromatic nitrogens is 2. The van der Waals surface area contributed by atoms with Gasteiger partial charge in [-0.2, -0.15) is 4.37 Å². The molecule has 5 heteroatoms. The van der Waals surface area contributed by atoms with Crippen molar-refractivity contribution < 1.29 is 0 Å². The third-order valence-electron chi connectivity index (χ3n) is 1.98. The van der Waals surface area contributed by atoms with Crippen molar-refractivity contribution in [3.05, 3.63) is 46.7 Å². The SMILES string of the molecule is c1ccc(N=c2snc3sccn23)cc1. The maximum atomic E-state index is 4.53. The van der Waals surface area contributed by atoms with Crippen LogP contribution in [0.2, 0.25) is 0 Å². The summed E-state index contributed by atoms with van der Waals surface area (Å²) in [4.78, 5) is 6.44. The van der Waals surface area contributed by atoms with Gasteiger partial charge in [0.2, 0.25) is 9.76 Å². The van der Waals surface area contributed by atoms with Crippen LogP contribution in [0.5, 0.6) is 0 Å². The van der Waals surface area contributed by atoms with Crippen LogP contribution in [-0.2, 0) is 0 Å². The molecule has 0 aliphatic carbocycles. The Bertz CT molecular complexity index is 633. The summed E-state index contributed by atoms with van der Waals surface area (Å²) < 4.78 is 6.31. The summed E-state index contributed by atoms with van der Waals surface area (Å²) in [5.41, 5.74) is 0.960. The second kappa shape index (κ2) is 3.60. The molecule has 3 rings (SSSR count). The van der Waals surface area contributed by atoms with Gasteiger partial charge < -0.3 is 0 Å². The Morgan fingerprint density at radius 2 is 2.07 bits per heavy atom. The van der Waals surface area contributed by atoms with Gasteiger partial charge in [0.15, 0.2) is 0 Å². The van der Waals surface area contributed by atoms with Crippen LogP contribution in [0.15, 0.2) is 46.9 Å². The lowest BCUT2D eigenvalue weighted by Crippen LogP contribution is -2.02. The summed E-state index contributed by atoms with van der Waals surface area (Å²) in [6.07, 6.45) is 1.99. The number of para-hydroxylation sites is 1. The fraction of sp³-hybridized carbons (Fsp3) is 0. The standard InChI is InChI=1S/C10H7N3S2/c1-2-4-8(5-3-1)11-9-13-6-7-14-10(13)12-15-9/h1-7H. The third kappa shape index (κ3) is 1.60. The van der Waals surface area contributed by atoms with Crippen LogP contribution < -0.4 is 4.80 Å². The minimum absolute atomic E-state index is 0.914. The molecule has 0 atom stereocenters. The Hall–Kier alpha value is -1.46. The molecule has 0 aliphatic heterocycles.